The molecule has 0 aliphatic heterocycles. The van der Waals surface area contributed by atoms with Crippen LogP contribution < -0.4 is 11.1 Å². The van der Waals surface area contributed by atoms with Crippen molar-refractivity contribution in [1.29, 1.82) is 0 Å². The first-order valence-corrected chi connectivity index (χ1v) is 7.73. The van der Waals surface area contributed by atoms with Crippen molar-refractivity contribution in [1.82, 2.24) is 5.32 Å². The normalized spacial score (nSPS) is 12.0. The molecule has 120 valence electrons. The Morgan fingerprint density at radius 3 is 2.22 bits per heavy atom. The highest BCUT2D eigenvalue weighted by atomic mass is 16.2. The summed E-state index contributed by atoms with van der Waals surface area (Å²) in [6.07, 6.45) is 0.522. The van der Waals surface area contributed by atoms with E-state index in [1.165, 1.54) is 0 Å². The molecule has 2 rings (SSSR count). The molecule has 4 nitrogen and oxygen atoms in total. The van der Waals surface area contributed by atoms with Crippen molar-refractivity contribution in [3.8, 4) is 11.1 Å². The highest BCUT2D eigenvalue weighted by Crippen LogP contribution is 2.23. The third kappa shape index (κ3) is 4.42. The number of nitrogens with two attached hydrogens (primary N) is 1. The summed E-state index contributed by atoms with van der Waals surface area (Å²) in [6.45, 7) is 3.97. The Morgan fingerprint density at radius 1 is 1.00 bits per heavy atom. The molecule has 0 fully saturated rings. The maximum atomic E-state index is 12.6. The van der Waals surface area contributed by atoms with E-state index in [1.54, 1.807) is 6.07 Å². The first-order chi connectivity index (χ1) is 11.0. The molecular formula is C19H22N2O2. The Bertz CT molecular complexity index is 681. The number of hydrogen-bond acceptors (Lipinski definition) is 2. The summed E-state index contributed by atoms with van der Waals surface area (Å²) in [7, 11) is 0. The molecule has 3 N–H and O–H groups in total. The zero-order valence-electron chi connectivity index (χ0n) is 13.5. The lowest BCUT2D eigenvalue weighted by Gasteiger charge is -2.18. The summed E-state index contributed by atoms with van der Waals surface area (Å²) >= 11 is 0. The Labute approximate surface area is 136 Å². The number of carbonyl (C=O) groups is 2. The molecule has 2 aromatic rings. The van der Waals surface area contributed by atoms with Crippen molar-refractivity contribution in [2.24, 2.45) is 11.7 Å². The Morgan fingerprint density at radius 2 is 1.61 bits per heavy atom. The van der Waals surface area contributed by atoms with E-state index in [9.17, 15) is 9.59 Å². The number of amides is 2. The average Bonchev–Trinajstić information content (AvgIpc) is 2.54. The van der Waals surface area contributed by atoms with Crippen LogP contribution >= 0.6 is 0 Å². The van der Waals surface area contributed by atoms with Crippen molar-refractivity contribution in [3.63, 3.8) is 0 Å². The molecule has 0 saturated heterocycles. The number of primary amides is 1. The van der Waals surface area contributed by atoms with Gasteiger partial charge in [0.15, 0.2) is 0 Å². The van der Waals surface area contributed by atoms with Crippen LogP contribution in [0.15, 0.2) is 54.6 Å². The highest BCUT2D eigenvalue weighted by Gasteiger charge is 2.21. The fourth-order valence-corrected chi connectivity index (χ4v) is 2.50. The third-order valence-electron chi connectivity index (χ3n) is 3.61. The average molecular weight is 310 g/mol. The highest BCUT2D eigenvalue weighted by molar-refractivity contribution is 6.02. The van der Waals surface area contributed by atoms with Gasteiger partial charge in [-0.05, 0) is 29.5 Å². The molecular weight excluding hydrogens is 288 g/mol. The van der Waals surface area contributed by atoms with Crippen LogP contribution in [0.3, 0.4) is 0 Å². The van der Waals surface area contributed by atoms with Gasteiger partial charge < -0.3 is 11.1 Å². The molecule has 2 amide bonds. The zero-order valence-corrected chi connectivity index (χ0v) is 13.5. The predicted octanol–water partition coefficient (Wildman–Crippen LogP) is 2.98. The van der Waals surface area contributed by atoms with Crippen LogP contribution in [-0.4, -0.2) is 17.9 Å². The maximum Gasteiger partial charge on any atom is 0.252 e. The van der Waals surface area contributed by atoms with Gasteiger partial charge in [-0.25, -0.2) is 0 Å². The van der Waals surface area contributed by atoms with E-state index in [2.05, 4.69) is 5.32 Å². The molecule has 0 radical (unpaired) electrons. The largest absolute Gasteiger partial charge is 0.368 e. The summed E-state index contributed by atoms with van der Waals surface area (Å²) < 4.78 is 0. The van der Waals surface area contributed by atoms with Crippen molar-refractivity contribution >= 4 is 11.8 Å². The van der Waals surface area contributed by atoms with E-state index >= 15 is 0 Å². The van der Waals surface area contributed by atoms with Crippen LogP contribution in [0.4, 0.5) is 0 Å². The van der Waals surface area contributed by atoms with E-state index in [-0.39, 0.29) is 11.8 Å². The smallest absolute Gasteiger partial charge is 0.252 e. The topological polar surface area (TPSA) is 72.2 Å². The Balaban J connectivity index is 2.28. The fourth-order valence-electron chi connectivity index (χ4n) is 2.50. The standard InChI is InChI=1S/C19H22N2O2/c1-13(2)12-17(18(20)22)21-19(23)16-11-7-6-10-15(16)14-8-4-3-5-9-14/h3-11,13,17H,12H2,1-2H3,(H2,20,22)(H,21,23)/t17-/m1/s1. The van der Waals surface area contributed by atoms with Gasteiger partial charge in [0.1, 0.15) is 6.04 Å². The lowest BCUT2D eigenvalue weighted by atomic mass is 9.98. The van der Waals surface area contributed by atoms with E-state index in [1.807, 2.05) is 62.4 Å². The fraction of sp³-hybridized carbons (Fsp3) is 0.263. The molecule has 1 atom stereocenters. The number of hydrogen-bond donors (Lipinski definition) is 2. The van der Waals surface area contributed by atoms with Gasteiger partial charge in [-0.2, -0.15) is 0 Å². The van der Waals surface area contributed by atoms with Gasteiger partial charge in [-0.1, -0.05) is 62.4 Å². The minimum atomic E-state index is -0.661. The number of nitrogens with one attached hydrogen (secondary N) is 1. The van der Waals surface area contributed by atoms with Crippen LogP contribution in [-0.2, 0) is 4.79 Å². The van der Waals surface area contributed by atoms with Gasteiger partial charge >= 0.3 is 0 Å². The second-order valence-corrected chi connectivity index (χ2v) is 5.97. The molecule has 4 heteroatoms. The SMILES string of the molecule is CC(C)C[C@@H](NC(=O)c1ccccc1-c1ccccc1)C(N)=O. The van der Waals surface area contributed by atoms with Gasteiger partial charge in [0.2, 0.25) is 5.91 Å². The first kappa shape index (κ1) is 16.7. The van der Waals surface area contributed by atoms with Gasteiger partial charge in [-0.15, -0.1) is 0 Å². The second kappa shape index (κ2) is 7.58. The van der Waals surface area contributed by atoms with E-state index in [0.29, 0.717) is 12.0 Å². The summed E-state index contributed by atoms with van der Waals surface area (Å²) in [5.74, 6) is -0.532. The summed E-state index contributed by atoms with van der Waals surface area (Å²) in [4.78, 5) is 24.2. The number of carbonyl (C=O) groups excluding carboxylic acids is 2. The molecule has 0 aromatic heterocycles. The van der Waals surface area contributed by atoms with Crippen molar-refractivity contribution < 1.29 is 9.59 Å². The summed E-state index contributed by atoms with van der Waals surface area (Å²) in [5.41, 5.74) is 7.73. The van der Waals surface area contributed by atoms with Crippen molar-refractivity contribution in [2.45, 2.75) is 26.3 Å². The molecule has 2 aromatic carbocycles. The quantitative estimate of drug-likeness (QED) is 0.861. The van der Waals surface area contributed by atoms with Gasteiger partial charge in [-0.3, -0.25) is 9.59 Å². The van der Waals surface area contributed by atoms with E-state index in [4.69, 9.17) is 5.73 Å². The second-order valence-electron chi connectivity index (χ2n) is 5.97. The molecule has 0 bridgehead atoms. The molecule has 0 spiro atoms. The van der Waals surface area contributed by atoms with E-state index < -0.39 is 11.9 Å². The summed E-state index contributed by atoms with van der Waals surface area (Å²) in [6, 6.07) is 16.4. The molecule has 23 heavy (non-hydrogen) atoms. The number of benzene rings is 2. The lowest BCUT2D eigenvalue weighted by molar-refractivity contribution is -0.120. The minimum Gasteiger partial charge on any atom is -0.368 e. The minimum absolute atomic E-state index is 0.261. The molecule has 0 unspecified atom stereocenters. The van der Waals surface area contributed by atoms with Crippen LogP contribution in [0.5, 0.6) is 0 Å². The maximum absolute atomic E-state index is 12.6. The number of rotatable bonds is 6. The third-order valence-corrected chi connectivity index (χ3v) is 3.61. The molecule has 0 heterocycles. The molecule has 0 saturated carbocycles. The predicted molar refractivity (Wildman–Crippen MR) is 91.8 cm³/mol. The van der Waals surface area contributed by atoms with Crippen molar-refractivity contribution in [3.05, 3.63) is 60.2 Å². The summed E-state index contributed by atoms with van der Waals surface area (Å²) in [5, 5.41) is 2.76. The Hall–Kier alpha value is -2.62. The van der Waals surface area contributed by atoms with Crippen LogP contribution in [0.1, 0.15) is 30.6 Å². The molecule has 0 aliphatic carbocycles. The lowest BCUT2D eigenvalue weighted by Crippen LogP contribution is -2.45. The van der Waals surface area contributed by atoms with Gasteiger partial charge in [0.25, 0.3) is 5.91 Å². The van der Waals surface area contributed by atoms with Gasteiger partial charge in [0, 0.05) is 5.56 Å². The first-order valence-electron chi connectivity index (χ1n) is 7.73. The van der Waals surface area contributed by atoms with Crippen LogP contribution in [0.2, 0.25) is 0 Å². The van der Waals surface area contributed by atoms with Crippen molar-refractivity contribution in [2.75, 3.05) is 0 Å². The van der Waals surface area contributed by atoms with Crippen LogP contribution in [0, 0.1) is 5.92 Å². The van der Waals surface area contributed by atoms with Crippen LogP contribution in [0.25, 0.3) is 11.1 Å². The van der Waals surface area contributed by atoms with Gasteiger partial charge in [0.05, 0.1) is 0 Å². The molecule has 0 aliphatic rings. The van der Waals surface area contributed by atoms with E-state index in [0.717, 1.165) is 11.1 Å². The zero-order chi connectivity index (χ0) is 16.8. The monoisotopic (exact) mass is 310 g/mol. The Kier molecular flexibility index (Phi) is 5.52.